The maximum Gasteiger partial charge on any atom is 0.00919 e. The van der Waals surface area contributed by atoms with Crippen LogP contribution in [-0.4, -0.2) is 5.71 Å². The predicted octanol–water partition coefficient (Wildman–Crippen LogP) is 4.33. The molecule has 0 aliphatic heterocycles. The molecule has 1 fully saturated rings. The first-order valence-electron chi connectivity index (χ1n) is 5.88. The second-order valence-electron chi connectivity index (χ2n) is 4.78. The number of rotatable bonds is 7. The van der Waals surface area contributed by atoms with Crippen LogP contribution in [0.1, 0.15) is 58.8 Å². The molecule has 0 bridgehead atoms. The van der Waals surface area contributed by atoms with Gasteiger partial charge in [0, 0.05) is 5.71 Å². The van der Waals surface area contributed by atoms with E-state index in [1.807, 2.05) is 0 Å². The van der Waals surface area contributed by atoms with Crippen molar-refractivity contribution in [1.29, 1.82) is 5.41 Å². The van der Waals surface area contributed by atoms with Crippen LogP contribution < -0.4 is 0 Å². The van der Waals surface area contributed by atoms with Crippen LogP contribution in [0.2, 0.25) is 0 Å². The van der Waals surface area contributed by atoms with E-state index in [2.05, 4.69) is 19.9 Å². The fraction of sp³-hybridized carbons (Fsp3) is 0.769. The quantitative estimate of drug-likeness (QED) is 0.353. The molecule has 14 heavy (non-hydrogen) atoms. The van der Waals surface area contributed by atoms with Crippen LogP contribution in [0.5, 0.6) is 0 Å². The molecule has 80 valence electrons. The third-order valence-corrected chi connectivity index (χ3v) is 2.72. The average molecular weight is 193 g/mol. The summed E-state index contributed by atoms with van der Waals surface area (Å²) in [5.41, 5.74) is 2.41. The molecular weight excluding hydrogens is 170 g/mol. The van der Waals surface area contributed by atoms with Crippen LogP contribution in [0.25, 0.3) is 0 Å². The van der Waals surface area contributed by atoms with E-state index in [-0.39, 0.29) is 0 Å². The second-order valence-corrected chi connectivity index (χ2v) is 4.78. The predicted molar refractivity (Wildman–Crippen MR) is 63.0 cm³/mol. The lowest BCUT2D eigenvalue weighted by atomic mass is 10.1. The Morgan fingerprint density at radius 2 is 2.00 bits per heavy atom. The highest BCUT2D eigenvalue weighted by atomic mass is 14.4. The molecule has 1 aliphatic carbocycles. The third-order valence-electron chi connectivity index (χ3n) is 2.72. The second kappa shape index (κ2) is 6.00. The molecule has 0 unspecified atom stereocenters. The monoisotopic (exact) mass is 193 g/mol. The Kier molecular flexibility index (Phi) is 4.92. The van der Waals surface area contributed by atoms with Gasteiger partial charge in [0.25, 0.3) is 0 Å². The first kappa shape index (κ1) is 11.5. The van der Waals surface area contributed by atoms with Gasteiger partial charge in [-0.1, -0.05) is 11.6 Å². The number of hydrogen-bond acceptors (Lipinski definition) is 1. The zero-order chi connectivity index (χ0) is 10.4. The minimum absolute atomic E-state index is 0.889. The van der Waals surface area contributed by atoms with Crippen molar-refractivity contribution in [2.45, 2.75) is 58.8 Å². The van der Waals surface area contributed by atoms with Gasteiger partial charge >= 0.3 is 0 Å². The molecule has 0 saturated heterocycles. The van der Waals surface area contributed by atoms with Crippen molar-refractivity contribution in [1.82, 2.24) is 0 Å². The molecule has 1 saturated carbocycles. The van der Waals surface area contributed by atoms with Crippen molar-refractivity contribution in [3.63, 3.8) is 0 Å². The zero-order valence-corrected chi connectivity index (χ0v) is 9.60. The van der Waals surface area contributed by atoms with Crippen molar-refractivity contribution >= 4 is 5.71 Å². The van der Waals surface area contributed by atoms with Gasteiger partial charge in [-0.3, -0.25) is 0 Å². The molecule has 0 spiro atoms. The summed E-state index contributed by atoms with van der Waals surface area (Å²) in [6.45, 7) is 4.30. The first-order chi connectivity index (χ1) is 6.68. The smallest absolute Gasteiger partial charge is 0.00919 e. The Morgan fingerprint density at radius 1 is 1.29 bits per heavy atom. The fourth-order valence-corrected chi connectivity index (χ4v) is 1.65. The number of unbranched alkanes of at least 4 members (excludes halogenated alkanes) is 2. The molecule has 0 aromatic rings. The largest absolute Gasteiger partial charge is 0.310 e. The molecule has 0 radical (unpaired) electrons. The number of allylic oxidation sites excluding steroid dienone is 2. The van der Waals surface area contributed by atoms with Crippen LogP contribution in [0.15, 0.2) is 11.6 Å². The number of nitrogens with one attached hydrogen (secondary N) is 1. The van der Waals surface area contributed by atoms with E-state index in [4.69, 9.17) is 5.41 Å². The fourth-order valence-electron chi connectivity index (χ4n) is 1.65. The molecule has 0 atom stereocenters. The molecule has 0 heterocycles. The van der Waals surface area contributed by atoms with E-state index in [9.17, 15) is 0 Å². The molecule has 0 amide bonds. The molecule has 1 nitrogen and oxygen atoms in total. The molecule has 1 N–H and O–H groups in total. The lowest BCUT2D eigenvalue weighted by Crippen LogP contribution is -1.97. The summed E-state index contributed by atoms with van der Waals surface area (Å²) in [4.78, 5) is 0. The van der Waals surface area contributed by atoms with E-state index in [0.717, 1.165) is 24.5 Å². The maximum atomic E-state index is 7.76. The van der Waals surface area contributed by atoms with Gasteiger partial charge in [0.05, 0.1) is 0 Å². The summed E-state index contributed by atoms with van der Waals surface area (Å²) in [5, 5.41) is 7.76. The molecule has 1 rings (SSSR count). The first-order valence-corrected chi connectivity index (χ1v) is 5.88. The molecule has 0 aromatic heterocycles. The number of hydrogen-bond donors (Lipinski definition) is 1. The van der Waals surface area contributed by atoms with Gasteiger partial charge in [-0.15, -0.1) is 0 Å². The average Bonchev–Trinajstić information content (AvgIpc) is 2.87. The summed E-state index contributed by atoms with van der Waals surface area (Å²) in [7, 11) is 0. The Hall–Kier alpha value is -0.590. The summed E-state index contributed by atoms with van der Waals surface area (Å²) in [5.74, 6) is 0.889. The summed E-state index contributed by atoms with van der Waals surface area (Å²) in [6.07, 6.45) is 10.8. The van der Waals surface area contributed by atoms with E-state index < -0.39 is 0 Å². The van der Waals surface area contributed by atoms with E-state index in [0.29, 0.717) is 0 Å². The van der Waals surface area contributed by atoms with Crippen molar-refractivity contribution in [2.24, 2.45) is 5.92 Å². The van der Waals surface area contributed by atoms with Gasteiger partial charge < -0.3 is 5.41 Å². The van der Waals surface area contributed by atoms with Gasteiger partial charge in [0.15, 0.2) is 0 Å². The van der Waals surface area contributed by atoms with Gasteiger partial charge in [-0.2, -0.15) is 0 Å². The van der Waals surface area contributed by atoms with Gasteiger partial charge in [-0.25, -0.2) is 0 Å². The normalized spacial score (nSPS) is 15.3. The minimum atomic E-state index is 0.889. The van der Waals surface area contributed by atoms with E-state index in [1.54, 1.807) is 0 Å². The van der Waals surface area contributed by atoms with Crippen LogP contribution >= 0.6 is 0 Å². The Labute approximate surface area is 88.1 Å². The van der Waals surface area contributed by atoms with Crippen molar-refractivity contribution < 1.29 is 0 Å². The van der Waals surface area contributed by atoms with Gasteiger partial charge in [0.1, 0.15) is 0 Å². The third kappa shape index (κ3) is 5.95. The van der Waals surface area contributed by atoms with Crippen LogP contribution in [0.3, 0.4) is 0 Å². The van der Waals surface area contributed by atoms with Crippen LogP contribution in [-0.2, 0) is 0 Å². The lowest BCUT2D eigenvalue weighted by molar-refractivity contribution is 0.753. The van der Waals surface area contributed by atoms with Crippen molar-refractivity contribution in [3.05, 3.63) is 11.6 Å². The van der Waals surface area contributed by atoms with Crippen LogP contribution in [0.4, 0.5) is 0 Å². The highest BCUT2D eigenvalue weighted by Gasteiger charge is 2.22. The zero-order valence-electron chi connectivity index (χ0n) is 9.60. The Morgan fingerprint density at radius 3 is 2.57 bits per heavy atom. The summed E-state index contributed by atoms with van der Waals surface area (Å²) >= 11 is 0. The van der Waals surface area contributed by atoms with Crippen molar-refractivity contribution in [3.8, 4) is 0 Å². The highest BCUT2D eigenvalue weighted by Crippen LogP contribution is 2.33. The van der Waals surface area contributed by atoms with Gasteiger partial charge in [0.2, 0.25) is 0 Å². The van der Waals surface area contributed by atoms with E-state index >= 15 is 0 Å². The SMILES string of the molecule is CC(C)=CCCCCC(=N)CC1CC1. The summed E-state index contributed by atoms with van der Waals surface area (Å²) < 4.78 is 0. The Bertz CT molecular complexity index is 207. The Balaban J connectivity index is 1.92. The van der Waals surface area contributed by atoms with Gasteiger partial charge in [-0.05, 0) is 64.7 Å². The highest BCUT2D eigenvalue weighted by molar-refractivity contribution is 5.81. The van der Waals surface area contributed by atoms with Crippen molar-refractivity contribution in [2.75, 3.05) is 0 Å². The minimum Gasteiger partial charge on any atom is -0.310 e. The lowest BCUT2D eigenvalue weighted by Gasteiger charge is -2.01. The molecular formula is C13H23N. The molecule has 0 aromatic carbocycles. The summed E-state index contributed by atoms with van der Waals surface area (Å²) in [6, 6.07) is 0. The standard InChI is InChI=1S/C13H23N/c1-11(2)6-4-3-5-7-13(14)10-12-8-9-12/h6,12,14H,3-5,7-10H2,1-2H3. The topological polar surface area (TPSA) is 23.9 Å². The maximum absolute atomic E-state index is 7.76. The van der Waals surface area contributed by atoms with E-state index in [1.165, 1.54) is 37.7 Å². The van der Waals surface area contributed by atoms with Crippen LogP contribution in [0, 0.1) is 11.3 Å². The molecule has 1 heteroatoms. The molecule has 1 aliphatic rings.